The van der Waals surface area contributed by atoms with E-state index in [0.29, 0.717) is 22.8 Å². The molecular formula is C15H22N4O4S. The zero-order chi connectivity index (χ0) is 18.1. The molecule has 1 N–H and O–H groups in total. The first-order valence-corrected chi connectivity index (χ1v) is 8.91. The second-order valence-electron chi connectivity index (χ2n) is 5.55. The molecule has 0 amide bonds. The lowest BCUT2D eigenvalue weighted by Gasteiger charge is -2.12. The topological polar surface area (TPSA) is 95.2 Å². The Morgan fingerprint density at radius 2 is 1.92 bits per heavy atom. The van der Waals surface area contributed by atoms with Crippen LogP contribution in [0.15, 0.2) is 21.8 Å². The Balaban J connectivity index is 2.16. The highest BCUT2D eigenvalue weighted by Crippen LogP contribution is 2.18. The molecule has 0 saturated carbocycles. The molecule has 2 aromatic rings. The summed E-state index contributed by atoms with van der Waals surface area (Å²) >= 11 is 0. The zero-order valence-corrected chi connectivity index (χ0v) is 15.3. The van der Waals surface area contributed by atoms with E-state index >= 15 is 0 Å². The van der Waals surface area contributed by atoms with Gasteiger partial charge in [-0.2, -0.15) is 5.10 Å². The summed E-state index contributed by atoms with van der Waals surface area (Å²) in [6.07, 6.45) is 0. The third-order valence-electron chi connectivity index (χ3n) is 3.88. The number of nitrogens with zero attached hydrogens (tertiary/aromatic N) is 3. The molecule has 2 aromatic heterocycles. The second-order valence-corrected chi connectivity index (χ2v) is 7.25. The van der Waals surface area contributed by atoms with E-state index < -0.39 is 10.0 Å². The standard InChI is InChI=1S/C15H22N4O4S/c1-10-8-13(23-5)9-14(20)19(10)7-6-16-24(21,22)15-11(2)17-18(4)12(15)3/h8-9,16H,6-7H2,1-5H3. The largest absolute Gasteiger partial charge is 0.496 e. The number of rotatable bonds is 6. The molecule has 0 fully saturated rings. The van der Waals surface area contributed by atoms with Gasteiger partial charge in [0.15, 0.2) is 0 Å². The number of methoxy groups -OCH3 is 1. The van der Waals surface area contributed by atoms with Gasteiger partial charge in [-0.3, -0.25) is 9.48 Å². The van der Waals surface area contributed by atoms with Crippen LogP contribution in [0.5, 0.6) is 5.75 Å². The molecule has 2 rings (SSSR count). The number of aromatic nitrogens is 3. The summed E-state index contributed by atoms with van der Waals surface area (Å²) in [4.78, 5) is 12.2. The number of hydrogen-bond donors (Lipinski definition) is 1. The van der Waals surface area contributed by atoms with E-state index in [4.69, 9.17) is 4.74 Å². The average molecular weight is 354 g/mol. The van der Waals surface area contributed by atoms with Gasteiger partial charge in [-0.1, -0.05) is 0 Å². The van der Waals surface area contributed by atoms with E-state index in [0.717, 1.165) is 0 Å². The summed E-state index contributed by atoms with van der Waals surface area (Å²) in [6, 6.07) is 3.10. The molecule has 0 aliphatic rings. The van der Waals surface area contributed by atoms with Crippen molar-refractivity contribution < 1.29 is 13.2 Å². The number of aryl methyl sites for hydroxylation is 3. The molecule has 0 atom stereocenters. The van der Waals surface area contributed by atoms with Crippen LogP contribution in [0.4, 0.5) is 0 Å². The van der Waals surface area contributed by atoms with E-state index in [1.165, 1.54) is 22.4 Å². The summed E-state index contributed by atoms with van der Waals surface area (Å²) in [6.45, 7) is 5.45. The molecule has 0 spiro atoms. The molecule has 0 bridgehead atoms. The van der Waals surface area contributed by atoms with Crippen molar-refractivity contribution in [1.82, 2.24) is 19.1 Å². The summed E-state index contributed by atoms with van der Waals surface area (Å²) in [7, 11) is -0.495. The van der Waals surface area contributed by atoms with Crippen LogP contribution in [0.3, 0.4) is 0 Å². The van der Waals surface area contributed by atoms with E-state index in [9.17, 15) is 13.2 Å². The highest BCUT2D eigenvalue weighted by molar-refractivity contribution is 7.89. The van der Waals surface area contributed by atoms with Crippen LogP contribution in [-0.2, 0) is 23.6 Å². The van der Waals surface area contributed by atoms with E-state index in [-0.39, 0.29) is 23.5 Å². The Morgan fingerprint density at radius 1 is 1.25 bits per heavy atom. The smallest absolute Gasteiger partial charge is 0.254 e. The predicted octanol–water partition coefficient (Wildman–Crippen LogP) is 0.494. The summed E-state index contributed by atoms with van der Waals surface area (Å²) < 4.78 is 35.5. The normalized spacial score (nSPS) is 11.7. The fourth-order valence-corrected chi connectivity index (χ4v) is 4.07. The maximum Gasteiger partial charge on any atom is 0.254 e. The van der Waals surface area contributed by atoms with Crippen molar-refractivity contribution in [2.45, 2.75) is 32.2 Å². The Kier molecular flexibility index (Phi) is 5.14. The number of pyridine rings is 1. The molecule has 9 heteroatoms. The minimum absolute atomic E-state index is 0.100. The number of hydrogen-bond acceptors (Lipinski definition) is 5. The van der Waals surface area contributed by atoms with Crippen molar-refractivity contribution in [3.63, 3.8) is 0 Å². The second kappa shape index (κ2) is 6.78. The predicted molar refractivity (Wildman–Crippen MR) is 89.9 cm³/mol. The van der Waals surface area contributed by atoms with Crippen molar-refractivity contribution in [2.75, 3.05) is 13.7 Å². The molecule has 8 nitrogen and oxygen atoms in total. The molecule has 24 heavy (non-hydrogen) atoms. The highest BCUT2D eigenvalue weighted by atomic mass is 32.2. The number of nitrogens with one attached hydrogen (secondary N) is 1. The third kappa shape index (κ3) is 3.51. The monoisotopic (exact) mass is 354 g/mol. The van der Waals surface area contributed by atoms with Gasteiger partial charge < -0.3 is 9.30 Å². The number of sulfonamides is 1. The van der Waals surface area contributed by atoms with Crippen LogP contribution in [-0.4, -0.2) is 36.4 Å². The van der Waals surface area contributed by atoms with E-state index in [1.54, 1.807) is 33.9 Å². The van der Waals surface area contributed by atoms with Gasteiger partial charge in [0.1, 0.15) is 10.6 Å². The van der Waals surface area contributed by atoms with E-state index in [2.05, 4.69) is 9.82 Å². The van der Waals surface area contributed by atoms with Gasteiger partial charge in [0.05, 0.1) is 18.5 Å². The van der Waals surface area contributed by atoms with Crippen LogP contribution in [0.2, 0.25) is 0 Å². The summed E-state index contributed by atoms with van der Waals surface area (Å²) in [5.41, 5.74) is 1.48. The van der Waals surface area contributed by atoms with Crippen LogP contribution in [0, 0.1) is 20.8 Å². The van der Waals surface area contributed by atoms with Gasteiger partial charge in [-0.05, 0) is 26.8 Å². The minimum atomic E-state index is -3.68. The fourth-order valence-electron chi connectivity index (χ4n) is 2.61. The maximum atomic E-state index is 12.5. The molecule has 132 valence electrons. The Bertz CT molecular complexity index is 912. The van der Waals surface area contributed by atoms with Crippen molar-refractivity contribution >= 4 is 10.0 Å². The molecule has 0 unspecified atom stereocenters. The molecule has 0 aliphatic heterocycles. The van der Waals surface area contributed by atoms with Gasteiger partial charge in [0.2, 0.25) is 10.0 Å². The average Bonchev–Trinajstić information content (AvgIpc) is 2.75. The molecule has 0 aromatic carbocycles. The van der Waals surface area contributed by atoms with Crippen molar-refractivity contribution in [3.05, 3.63) is 39.6 Å². The Labute approximate surface area is 141 Å². The molecule has 0 aliphatic carbocycles. The Hall–Kier alpha value is -2.13. The quantitative estimate of drug-likeness (QED) is 0.815. The van der Waals surface area contributed by atoms with Crippen molar-refractivity contribution in [2.24, 2.45) is 7.05 Å². The van der Waals surface area contributed by atoms with Crippen molar-refractivity contribution in [3.8, 4) is 5.75 Å². The third-order valence-corrected chi connectivity index (χ3v) is 5.60. The van der Waals surface area contributed by atoms with Gasteiger partial charge >= 0.3 is 0 Å². The van der Waals surface area contributed by atoms with Gasteiger partial charge in [-0.25, -0.2) is 13.1 Å². The molecule has 0 radical (unpaired) electrons. The number of ether oxygens (including phenoxy) is 1. The van der Waals surface area contributed by atoms with Crippen LogP contribution in [0.25, 0.3) is 0 Å². The first kappa shape index (κ1) is 18.2. The summed E-state index contributed by atoms with van der Waals surface area (Å²) in [5.74, 6) is 0.482. The van der Waals surface area contributed by atoms with Gasteiger partial charge in [0, 0.05) is 31.9 Å². The van der Waals surface area contributed by atoms with Crippen molar-refractivity contribution in [1.29, 1.82) is 0 Å². The van der Waals surface area contributed by atoms with Gasteiger partial charge in [-0.15, -0.1) is 0 Å². The highest BCUT2D eigenvalue weighted by Gasteiger charge is 2.23. The van der Waals surface area contributed by atoms with Crippen LogP contribution < -0.4 is 15.0 Å². The SMILES string of the molecule is COc1cc(C)n(CCNS(=O)(=O)c2c(C)nn(C)c2C)c(=O)c1. The molecule has 0 saturated heterocycles. The van der Waals surface area contributed by atoms with Crippen LogP contribution in [0.1, 0.15) is 17.1 Å². The molecule has 2 heterocycles. The lowest BCUT2D eigenvalue weighted by molar-refractivity contribution is 0.411. The maximum absolute atomic E-state index is 12.5. The van der Waals surface area contributed by atoms with E-state index in [1.807, 2.05) is 0 Å². The lowest BCUT2D eigenvalue weighted by atomic mass is 10.3. The fraction of sp³-hybridized carbons (Fsp3) is 0.467. The summed E-state index contributed by atoms with van der Waals surface area (Å²) in [5, 5.41) is 4.12. The minimum Gasteiger partial charge on any atom is -0.496 e. The molecular weight excluding hydrogens is 332 g/mol. The zero-order valence-electron chi connectivity index (χ0n) is 14.5. The van der Waals surface area contributed by atoms with Crippen LogP contribution >= 0.6 is 0 Å². The first-order valence-electron chi connectivity index (χ1n) is 7.42. The lowest BCUT2D eigenvalue weighted by Crippen LogP contribution is -2.32. The Morgan fingerprint density at radius 3 is 2.42 bits per heavy atom. The first-order chi connectivity index (χ1) is 11.2. The van der Waals surface area contributed by atoms with Gasteiger partial charge in [0.25, 0.3) is 5.56 Å².